The number of halogens is 1. The largest absolute Gasteiger partial charge is 0.398 e. The van der Waals surface area contributed by atoms with Crippen LogP contribution in [0.4, 0.5) is 5.69 Å². The van der Waals surface area contributed by atoms with E-state index >= 15 is 0 Å². The Morgan fingerprint density at radius 1 is 1.50 bits per heavy atom. The molecular weight excluding hydrogens is 286 g/mol. The van der Waals surface area contributed by atoms with Crippen molar-refractivity contribution >= 4 is 32.4 Å². The molecule has 2 atom stereocenters. The van der Waals surface area contributed by atoms with Gasteiger partial charge in [0.2, 0.25) is 0 Å². The van der Waals surface area contributed by atoms with Crippen LogP contribution < -0.4 is 5.73 Å². The second kappa shape index (κ2) is 6.40. The number of rotatable bonds is 5. The molecule has 0 fully saturated rings. The first-order chi connectivity index (χ1) is 7.52. The van der Waals surface area contributed by atoms with Gasteiger partial charge in [0.05, 0.1) is 5.75 Å². The van der Waals surface area contributed by atoms with E-state index in [2.05, 4.69) is 29.8 Å². The van der Waals surface area contributed by atoms with Crippen LogP contribution in [-0.4, -0.2) is 9.96 Å². The van der Waals surface area contributed by atoms with Crippen LogP contribution in [0.3, 0.4) is 0 Å². The van der Waals surface area contributed by atoms with Crippen LogP contribution >= 0.6 is 15.9 Å². The van der Waals surface area contributed by atoms with Gasteiger partial charge < -0.3 is 5.73 Å². The van der Waals surface area contributed by atoms with Gasteiger partial charge in [-0.25, -0.2) is 0 Å². The van der Waals surface area contributed by atoms with Crippen LogP contribution in [0.5, 0.6) is 0 Å². The first kappa shape index (κ1) is 13.7. The van der Waals surface area contributed by atoms with Crippen molar-refractivity contribution in [3.05, 3.63) is 28.2 Å². The Balaban J connectivity index is 2.63. The zero-order valence-electron chi connectivity index (χ0n) is 9.70. The SMILES string of the molecule is CCC(C)CS(=O)Cc1ccc(Br)cc1N. The van der Waals surface area contributed by atoms with Crippen molar-refractivity contribution in [3.8, 4) is 0 Å². The van der Waals surface area contributed by atoms with Crippen molar-refractivity contribution in [2.24, 2.45) is 5.92 Å². The number of hydrogen-bond donors (Lipinski definition) is 1. The molecule has 0 saturated carbocycles. The van der Waals surface area contributed by atoms with Crippen molar-refractivity contribution in [3.63, 3.8) is 0 Å². The van der Waals surface area contributed by atoms with E-state index in [1.807, 2.05) is 18.2 Å². The summed E-state index contributed by atoms with van der Waals surface area (Å²) in [7, 11) is -0.813. The Morgan fingerprint density at radius 3 is 2.75 bits per heavy atom. The molecule has 2 N–H and O–H groups in total. The highest BCUT2D eigenvalue weighted by Gasteiger charge is 2.08. The Bertz CT molecular complexity index is 381. The fraction of sp³-hybridized carbons (Fsp3) is 0.500. The summed E-state index contributed by atoms with van der Waals surface area (Å²) in [5.74, 6) is 1.83. The van der Waals surface area contributed by atoms with Gasteiger partial charge in [0.1, 0.15) is 0 Å². The van der Waals surface area contributed by atoms with Crippen LogP contribution in [0.25, 0.3) is 0 Å². The third-order valence-corrected chi connectivity index (χ3v) is 4.66. The molecule has 0 bridgehead atoms. The lowest BCUT2D eigenvalue weighted by molar-refractivity contribution is 0.615. The highest BCUT2D eigenvalue weighted by atomic mass is 79.9. The summed E-state index contributed by atoms with van der Waals surface area (Å²) in [5, 5.41) is 0. The van der Waals surface area contributed by atoms with Crippen LogP contribution in [-0.2, 0) is 16.6 Å². The van der Waals surface area contributed by atoms with Gasteiger partial charge in [-0.3, -0.25) is 4.21 Å². The van der Waals surface area contributed by atoms with E-state index in [1.165, 1.54) is 0 Å². The number of benzene rings is 1. The van der Waals surface area contributed by atoms with Gasteiger partial charge >= 0.3 is 0 Å². The van der Waals surface area contributed by atoms with Crippen LogP contribution in [0, 0.1) is 5.92 Å². The summed E-state index contributed by atoms with van der Waals surface area (Å²) in [4.78, 5) is 0. The second-order valence-electron chi connectivity index (χ2n) is 4.11. The fourth-order valence-corrected chi connectivity index (χ4v) is 3.34. The molecule has 0 aromatic heterocycles. The predicted octanol–water partition coefficient (Wildman–Crippen LogP) is 3.33. The second-order valence-corrected chi connectivity index (χ2v) is 6.52. The third kappa shape index (κ3) is 4.26. The summed E-state index contributed by atoms with van der Waals surface area (Å²) in [6.07, 6.45) is 1.07. The number of hydrogen-bond acceptors (Lipinski definition) is 2. The molecule has 4 heteroatoms. The third-order valence-electron chi connectivity index (χ3n) is 2.59. The van der Waals surface area contributed by atoms with Crippen LogP contribution in [0.1, 0.15) is 25.8 Å². The van der Waals surface area contributed by atoms with Crippen molar-refractivity contribution in [1.82, 2.24) is 0 Å². The number of nitrogen functional groups attached to an aromatic ring is 1. The minimum absolute atomic E-state index is 0.512. The molecule has 2 unspecified atom stereocenters. The average molecular weight is 304 g/mol. The van der Waals surface area contributed by atoms with E-state index in [4.69, 9.17) is 5.73 Å². The van der Waals surface area contributed by atoms with Crippen molar-refractivity contribution in [2.75, 3.05) is 11.5 Å². The molecule has 0 amide bonds. The van der Waals surface area contributed by atoms with E-state index in [0.29, 0.717) is 17.4 Å². The molecule has 90 valence electrons. The molecule has 0 aliphatic rings. The maximum atomic E-state index is 11.9. The molecular formula is C12H18BrNOS. The molecule has 0 radical (unpaired) electrons. The van der Waals surface area contributed by atoms with Crippen LogP contribution in [0.15, 0.2) is 22.7 Å². The zero-order valence-corrected chi connectivity index (χ0v) is 12.1. The molecule has 16 heavy (non-hydrogen) atoms. The Hall–Kier alpha value is -0.350. The van der Waals surface area contributed by atoms with Crippen molar-refractivity contribution in [1.29, 1.82) is 0 Å². The predicted molar refractivity (Wildman–Crippen MR) is 74.7 cm³/mol. The highest BCUT2D eigenvalue weighted by molar-refractivity contribution is 9.10. The summed E-state index contributed by atoms with van der Waals surface area (Å²) < 4.78 is 12.8. The molecule has 0 aliphatic carbocycles. The van der Waals surface area contributed by atoms with E-state index in [-0.39, 0.29) is 0 Å². The maximum absolute atomic E-state index is 11.9. The molecule has 0 aliphatic heterocycles. The van der Waals surface area contributed by atoms with E-state index in [9.17, 15) is 4.21 Å². The molecule has 0 spiro atoms. The molecule has 1 aromatic rings. The molecule has 1 aromatic carbocycles. The Kier molecular flexibility index (Phi) is 5.49. The topological polar surface area (TPSA) is 43.1 Å². The standard InChI is InChI=1S/C12H18BrNOS/c1-3-9(2)7-16(15)8-10-4-5-11(13)6-12(10)14/h4-6,9H,3,7-8,14H2,1-2H3. The van der Waals surface area contributed by atoms with Crippen molar-refractivity contribution in [2.45, 2.75) is 26.0 Å². The zero-order chi connectivity index (χ0) is 12.1. The fourth-order valence-electron chi connectivity index (χ4n) is 1.36. The summed E-state index contributed by atoms with van der Waals surface area (Å²) in [6, 6.07) is 5.73. The normalized spacial score (nSPS) is 14.7. The van der Waals surface area contributed by atoms with Gasteiger partial charge in [0.15, 0.2) is 0 Å². The Morgan fingerprint density at radius 2 is 2.19 bits per heavy atom. The first-order valence-corrected chi connectivity index (χ1v) is 7.70. The number of nitrogens with two attached hydrogens (primary N) is 1. The van der Waals surface area contributed by atoms with Gasteiger partial charge in [-0.1, -0.05) is 42.3 Å². The molecule has 2 nitrogen and oxygen atoms in total. The van der Waals surface area contributed by atoms with E-state index in [0.717, 1.165) is 22.2 Å². The summed E-state index contributed by atoms with van der Waals surface area (Å²) in [6.45, 7) is 4.25. The smallest absolute Gasteiger partial charge is 0.0506 e. The molecule has 1 rings (SSSR count). The molecule has 0 saturated heterocycles. The van der Waals surface area contributed by atoms with Gasteiger partial charge in [0.25, 0.3) is 0 Å². The summed E-state index contributed by atoms with van der Waals surface area (Å²) in [5.41, 5.74) is 7.56. The van der Waals surface area contributed by atoms with E-state index in [1.54, 1.807) is 0 Å². The lowest BCUT2D eigenvalue weighted by Gasteiger charge is -2.09. The minimum atomic E-state index is -0.813. The van der Waals surface area contributed by atoms with Gasteiger partial charge in [-0.05, 0) is 23.6 Å². The lowest BCUT2D eigenvalue weighted by atomic mass is 10.2. The first-order valence-electron chi connectivity index (χ1n) is 5.41. The van der Waals surface area contributed by atoms with E-state index < -0.39 is 10.8 Å². The average Bonchev–Trinajstić information content (AvgIpc) is 2.22. The van der Waals surface area contributed by atoms with Gasteiger partial charge in [0, 0.05) is 26.7 Å². The lowest BCUT2D eigenvalue weighted by Crippen LogP contribution is -2.09. The Labute approximate surface area is 108 Å². The highest BCUT2D eigenvalue weighted by Crippen LogP contribution is 2.20. The molecule has 0 heterocycles. The minimum Gasteiger partial charge on any atom is -0.398 e. The number of anilines is 1. The van der Waals surface area contributed by atoms with Gasteiger partial charge in [-0.2, -0.15) is 0 Å². The maximum Gasteiger partial charge on any atom is 0.0506 e. The summed E-state index contributed by atoms with van der Waals surface area (Å²) >= 11 is 3.36. The quantitative estimate of drug-likeness (QED) is 0.848. The van der Waals surface area contributed by atoms with Crippen molar-refractivity contribution < 1.29 is 4.21 Å². The van der Waals surface area contributed by atoms with Gasteiger partial charge in [-0.15, -0.1) is 0 Å². The van der Waals surface area contributed by atoms with Crippen LogP contribution in [0.2, 0.25) is 0 Å². The monoisotopic (exact) mass is 303 g/mol.